The second-order valence-corrected chi connectivity index (χ2v) is 11.2. The Morgan fingerprint density at radius 1 is 0.956 bits per heavy atom. The second kappa shape index (κ2) is 14.1. The van der Waals surface area contributed by atoms with Crippen LogP contribution in [0.2, 0.25) is 5.02 Å². The van der Waals surface area contributed by atoms with Crippen molar-refractivity contribution in [3.63, 3.8) is 0 Å². The molecule has 8 nitrogen and oxygen atoms in total. The number of esters is 1. The molecule has 5 rings (SSSR count). The van der Waals surface area contributed by atoms with Crippen molar-refractivity contribution in [1.82, 2.24) is 0 Å². The van der Waals surface area contributed by atoms with Crippen LogP contribution in [0.5, 0.6) is 28.7 Å². The zero-order valence-electron chi connectivity index (χ0n) is 25.2. The molecule has 2 N–H and O–H groups in total. The molecule has 1 atom stereocenters. The maximum Gasteiger partial charge on any atom is 0.343 e. The van der Waals surface area contributed by atoms with Crippen LogP contribution >= 0.6 is 11.6 Å². The Hall–Kier alpha value is -5.13. The van der Waals surface area contributed by atoms with Crippen molar-refractivity contribution < 1.29 is 28.5 Å². The van der Waals surface area contributed by atoms with Crippen molar-refractivity contribution in [2.75, 3.05) is 13.2 Å². The number of nitriles is 1. The Bertz CT molecular complexity index is 1760. The van der Waals surface area contributed by atoms with E-state index in [1.54, 1.807) is 48.5 Å². The first-order valence-corrected chi connectivity index (χ1v) is 14.9. The van der Waals surface area contributed by atoms with Gasteiger partial charge < -0.3 is 29.4 Å². The van der Waals surface area contributed by atoms with Gasteiger partial charge in [0.2, 0.25) is 5.88 Å². The monoisotopic (exact) mass is 624 g/mol. The number of carbonyl (C=O) groups excluding carboxylic acids is 1. The number of nitrogens with two attached hydrogens (primary N) is 1. The number of nitrogens with zero attached hydrogens (tertiary/aromatic N) is 1. The minimum atomic E-state index is -0.557. The van der Waals surface area contributed by atoms with Crippen LogP contribution in [0.3, 0.4) is 0 Å². The number of ether oxygens (including phenoxy) is 5. The van der Waals surface area contributed by atoms with Gasteiger partial charge in [-0.1, -0.05) is 55.8 Å². The fourth-order valence-electron chi connectivity index (χ4n) is 4.82. The van der Waals surface area contributed by atoms with Gasteiger partial charge in [0, 0.05) is 22.2 Å². The van der Waals surface area contributed by atoms with Crippen molar-refractivity contribution in [1.29, 1.82) is 5.26 Å². The molecule has 0 aromatic heterocycles. The highest BCUT2D eigenvalue weighted by Gasteiger charge is 2.32. The van der Waals surface area contributed by atoms with E-state index >= 15 is 0 Å². The number of allylic oxidation sites excluding steroid dienone is 1. The molecule has 0 saturated heterocycles. The standard InChI is InChI=1S/C36H33ClN2O6/c1-4-41-33-17-24(11-16-31(33)43-21-25-7-5-6-8-30(25)37)34-28-15-14-27(18-32(28)45-35(39)29(34)19-38)44-36(40)23-9-12-26(13-10-23)42-20-22(2)3/h5-18,22,34H,4,20-21,39H2,1-3H3. The molecule has 0 aliphatic carbocycles. The third-order valence-corrected chi connectivity index (χ3v) is 7.39. The summed E-state index contributed by atoms with van der Waals surface area (Å²) in [5.41, 5.74) is 9.12. The van der Waals surface area contributed by atoms with Gasteiger partial charge in [-0.15, -0.1) is 0 Å². The first kappa shape index (κ1) is 31.3. The lowest BCUT2D eigenvalue weighted by Gasteiger charge is -2.27. The molecule has 9 heteroatoms. The van der Waals surface area contributed by atoms with Crippen molar-refractivity contribution >= 4 is 17.6 Å². The van der Waals surface area contributed by atoms with Gasteiger partial charge in [0.1, 0.15) is 35.5 Å². The molecule has 0 spiro atoms. The summed E-state index contributed by atoms with van der Waals surface area (Å²) in [6.07, 6.45) is 0. The van der Waals surface area contributed by atoms with Gasteiger partial charge in [-0.3, -0.25) is 0 Å². The van der Waals surface area contributed by atoms with Gasteiger partial charge in [-0.2, -0.15) is 5.26 Å². The molecule has 230 valence electrons. The maximum atomic E-state index is 12.9. The lowest BCUT2D eigenvalue weighted by Crippen LogP contribution is -2.21. The van der Waals surface area contributed by atoms with E-state index in [9.17, 15) is 10.1 Å². The molecule has 45 heavy (non-hydrogen) atoms. The second-order valence-electron chi connectivity index (χ2n) is 10.8. The van der Waals surface area contributed by atoms with E-state index < -0.39 is 11.9 Å². The summed E-state index contributed by atoms with van der Waals surface area (Å²) in [6, 6.07) is 26.9. The van der Waals surface area contributed by atoms with Crippen LogP contribution in [-0.2, 0) is 6.61 Å². The summed E-state index contributed by atoms with van der Waals surface area (Å²) >= 11 is 6.30. The van der Waals surface area contributed by atoms with E-state index in [0.717, 1.165) is 11.1 Å². The van der Waals surface area contributed by atoms with Gasteiger partial charge in [0.05, 0.1) is 24.7 Å². The molecular formula is C36H33ClN2O6. The first-order valence-electron chi connectivity index (χ1n) is 14.6. The molecular weight excluding hydrogens is 592 g/mol. The predicted octanol–water partition coefficient (Wildman–Crippen LogP) is 7.79. The smallest absolute Gasteiger partial charge is 0.343 e. The zero-order valence-corrected chi connectivity index (χ0v) is 26.0. The van der Waals surface area contributed by atoms with E-state index in [0.29, 0.717) is 58.3 Å². The Kier molecular flexibility index (Phi) is 9.81. The molecule has 1 aliphatic heterocycles. The molecule has 1 aliphatic rings. The zero-order chi connectivity index (χ0) is 31.9. The van der Waals surface area contributed by atoms with Crippen LogP contribution in [0.25, 0.3) is 0 Å². The quantitative estimate of drug-likeness (QED) is 0.133. The fourth-order valence-corrected chi connectivity index (χ4v) is 5.01. The van der Waals surface area contributed by atoms with Crippen LogP contribution < -0.4 is 29.4 Å². The third kappa shape index (κ3) is 7.34. The van der Waals surface area contributed by atoms with Gasteiger partial charge in [0.25, 0.3) is 0 Å². The molecule has 0 radical (unpaired) electrons. The van der Waals surface area contributed by atoms with Crippen molar-refractivity contribution in [3.8, 4) is 34.8 Å². The average Bonchev–Trinajstić information content (AvgIpc) is 3.03. The molecule has 0 saturated carbocycles. The molecule has 1 unspecified atom stereocenters. The van der Waals surface area contributed by atoms with Crippen LogP contribution in [0.1, 0.15) is 53.7 Å². The fraction of sp³-hybridized carbons (Fsp3) is 0.222. The van der Waals surface area contributed by atoms with E-state index in [1.165, 1.54) is 0 Å². The van der Waals surface area contributed by atoms with E-state index in [-0.39, 0.29) is 23.8 Å². The highest BCUT2D eigenvalue weighted by Crippen LogP contribution is 2.45. The van der Waals surface area contributed by atoms with Gasteiger partial charge in [-0.05, 0) is 66.9 Å². The molecule has 0 fully saturated rings. The number of rotatable bonds is 11. The van der Waals surface area contributed by atoms with Crippen LogP contribution in [0.4, 0.5) is 0 Å². The summed E-state index contributed by atoms with van der Waals surface area (Å²) in [4.78, 5) is 12.9. The predicted molar refractivity (Wildman–Crippen MR) is 171 cm³/mol. The average molecular weight is 625 g/mol. The highest BCUT2D eigenvalue weighted by molar-refractivity contribution is 6.31. The van der Waals surface area contributed by atoms with Crippen LogP contribution in [-0.4, -0.2) is 19.2 Å². The molecule has 1 heterocycles. The number of fused-ring (bicyclic) bond motifs is 1. The molecule has 0 bridgehead atoms. The number of hydrogen-bond acceptors (Lipinski definition) is 8. The summed E-state index contributed by atoms with van der Waals surface area (Å²) in [7, 11) is 0. The molecule has 0 amide bonds. The topological polar surface area (TPSA) is 113 Å². The summed E-state index contributed by atoms with van der Waals surface area (Å²) in [5, 5.41) is 10.7. The Balaban J connectivity index is 1.39. The van der Waals surface area contributed by atoms with E-state index in [4.69, 9.17) is 41.0 Å². The largest absolute Gasteiger partial charge is 0.493 e. The minimum Gasteiger partial charge on any atom is -0.493 e. The van der Waals surface area contributed by atoms with Crippen LogP contribution in [0.15, 0.2) is 96.4 Å². The van der Waals surface area contributed by atoms with E-state index in [2.05, 4.69) is 19.9 Å². The maximum absolute atomic E-state index is 12.9. The molecule has 4 aromatic carbocycles. The number of benzene rings is 4. The number of carbonyl (C=O) groups is 1. The summed E-state index contributed by atoms with van der Waals surface area (Å²) < 4.78 is 29.2. The Morgan fingerprint density at radius 3 is 2.42 bits per heavy atom. The first-order chi connectivity index (χ1) is 21.8. The number of hydrogen-bond donors (Lipinski definition) is 1. The van der Waals surface area contributed by atoms with Gasteiger partial charge in [0.15, 0.2) is 11.5 Å². The van der Waals surface area contributed by atoms with Crippen molar-refractivity contribution in [2.45, 2.75) is 33.3 Å². The lowest BCUT2D eigenvalue weighted by molar-refractivity contribution is 0.0734. The van der Waals surface area contributed by atoms with E-state index in [1.807, 2.05) is 43.3 Å². The van der Waals surface area contributed by atoms with Crippen molar-refractivity contribution in [3.05, 3.63) is 124 Å². The summed E-state index contributed by atoms with van der Waals surface area (Å²) in [5.74, 6) is 1.62. The SMILES string of the molecule is CCOc1cc(C2C(C#N)=C(N)Oc3cc(OC(=O)c4ccc(OCC(C)C)cc4)ccc32)ccc1OCc1ccccc1Cl. The van der Waals surface area contributed by atoms with Crippen molar-refractivity contribution in [2.24, 2.45) is 11.7 Å². The van der Waals surface area contributed by atoms with Crippen LogP contribution in [0, 0.1) is 17.2 Å². The number of halogens is 1. The van der Waals surface area contributed by atoms with Gasteiger partial charge >= 0.3 is 5.97 Å². The Morgan fingerprint density at radius 2 is 1.71 bits per heavy atom. The lowest BCUT2D eigenvalue weighted by atomic mass is 9.83. The molecule has 4 aromatic rings. The Labute approximate surface area is 267 Å². The summed E-state index contributed by atoms with van der Waals surface area (Å²) in [6.45, 7) is 7.25. The highest BCUT2D eigenvalue weighted by atomic mass is 35.5. The normalized spacial score (nSPS) is 13.8. The third-order valence-electron chi connectivity index (χ3n) is 7.02. The van der Waals surface area contributed by atoms with Gasteiger partial charge in [-0.25, -0.2) is 4.79 Å². The minimum absolute atomic E-state index is 0.0348.